The fourth-order valence-corrected chi connectivity index (χ4v) is 3.62. The summed E-state index contributed by atoms with van der Waals surface area (Å²) in [7, 11) is 1.84. The molecule has 1 fully saturated rings. The zero-order valence-corrected chi connectivity index (χ0v) is 17.5. The van der Waals surface area contributed by atoms with Crippen LogP contribution in [-0.2, 0) is 13.1 Å². The Morgan fingerprint density at radius 1 is 1.26 bits per heavy atom. The molecule has 7 heteroatoms. The maximum absolute atomic E-state index is 4.37. The molecule has 1 aromatic carbocycles. The predicted molar refractivity (Wildman–Crippen MR) is 114 cm³/mol. The topological polar surface area (TPSA) is 57.5 Å². The van der Waals surface area contributed by atoms with Crippen molar-refractivity contribution < 1.29 is 0 Å². The number of likely N-dealkylation sites (tertiary alicyclic amines) is 1. The zero-order valence-electron chi connectivity index (χ0n) is 15.9. The van der Waals surface area contributed by atoms with Gasteiger partial charge in [0.05, 0.1) is 0 Å². The van der Waals surface area contributed by atoms with Gasteiger partial charge in [-0.3, -0.25) is 14.6 Å². The molecule has 0 saturated carbocycles. The van der Waals surface area contributed by atoms with E-state index < -0.39 is 0 Å². The number of halogens is 1. The summed E-state index contributed by atoms with van der Waals surface area (Å²) in [6, 6.07) is 11.1. The summed E-state index contributed by atoms with van der Waals surface area (Å²) in [4.78, 5) is 6.90. The van der Waals surface area contributed by atoms with Gasteiger partial charge in [0.2, 0.25) is 0 Å². The Labute approximate surface area is 170 Å². The minimum atomic E-state index is 0.489. The number of hydrogen-bond acceptors (Lipinski definition) is 3. The molecule has 0 amide bonds. The summed E-state index contributed by atoms with van der Waals surface area (Å²) in [6.07, 6.45) is 7.12. The van der Waals surface area contributed by atoms with Crippen LogP contribution in [0.25, 0.3) is 0 Å². The molecule has 6 nitrogen and oxygen atoms in total. The molecule has 0 radical (unpaired) electrons. The van der Waals surface area contributed by atoms with Crippen LogP contribution in [0.15, 0.2) is 52.2 Å². The summed E-state index contributed by atoms with van der Waals surface area (Å²) in [6.45, 7) is 5.07. The molecule has 1 saturated heterocycles. The Morgan fingerprint density at radius 3 is 2.70 bits per heavy atom. The number of aryl methyl sites for hydroxylation is 1. The number of nitrogens with one attached hydrogen (secondary N) is 2. The molecule has 0 bridgehead atoms. The average molecular weight is 433 g/mol. The minimum Gasteiger partial charge on any atom is -0.356 e. The van der Waals surface area contributed by atoms with Crippen LogP contribution < -0.4 is 10.6 Å². The third kappa shape index (κ3) is 6.66. The maximum atomic E-state index is 4.37. The van der Waals surface area contributed by atoms with Gasteiger partial charge < -0.3 is 10.6 Å². The molecular weight excluding hydrogens is 404 g/mol. The monoisotopic (exact) mass is 432 g/mol. The number of nitrogens with zero attached hydrogens (tertiary/aromatic N) is 4. The van der Waals surface area contributed by atoms with Crippen LogP contribution in [-0.4, -0.2) is 53.4 Å². The Morgan fingerprint density at radius 2 is 2.04 bits per heavy atom. The van der Waals surface area contributed by atoms with Crippen molar-refractivity contribution in [3.63, 3.8) is 0 Å². The van der Waals surface area contributed by atoms with E-state index in [4.69, 9.17) is 0 Å². The van der Waals surface area contributed by atoms with Gasteiger partial charge in [0, 0.05) is 62.7 Å². The summed E-state index contributed by atoms with van der Waals surface area (Å²) in [5.74, 6) is 0.904. The van der Waals surface area contributed by atoms with Crippen molar-refractivity contribution in [3.8, 4) is 0 Å². The first-order valence-electron chi connectivity index (χ1n) is 9.64. The normalized spacial score (nSPS) is 16.4. The van der Waals surface area contributed by atoms with E-state index >= 15 is 0 Å². The number of piperidine rings is 1. The van der Waals surface area contributed by atoms with E-state index in [9.17, 15) is 0 Å². The second-order valence-electron chi connectivity index (χ2n) is 6.94. The van der Waals surface area contributed by atoms with Crippen LogP contribution in [0.4, 0.5) is 0 Å². The van der Waals surface area contributed by atoms with Crippen molar-refractivity contribution in [3.05, 3.63) is 52.8 Å². The summed E-state index contributed by atoms with van der Waals surface area (Å²) in [5.41, 5.74) is 1.37. The van der Waals surface area contributed by atoms with E-state index in [1.165, 1.54) is 5.56 Å². The van der Waals surface area contributed by atoms with Crippen LogP contribution in [0.5, 0.6) is 0 Å². The van der Waals surface area contributed by atoms with Crippen LogP contribution in [0.2, 0.25) is 0 Å². The molecule has 3 rings (SSSR count). The molecule has 27 heavy (non-hydrogen) atoms. The van der Waals surface area contributed by atoms with Crippen LogP contribution in [0, 0.1) is 0 Å². The minimum absolute atomic E-state index is 0.489. The molecule has 0 spiro atoms. The molecular formula is C20H29BrN6. The van der Waals surface area contributed by atoms with Crippen LogP contribution in [0.3, 0.4) is 0 Å². The fourth-order valence-electron chi connectivity index (χ4n) is 3.35. The number of rotatable bonds is 7. The van der Waals surface area contributed by atoms with E-state index in [1.54, 1.807) is 0 Å². The van der Waals surface area contributed by atoms with Gasteiger partial charge in [-0.05, 0) is 43.0 Å². The number of aromatic nitrogens is 2. The van der Waals surface area contributed by atoms with Crippen molar-refractivity contribution in [1.29, 1.82) is 0 Å². The molecule has 1 aromatic heterocycles. The lowest BCUT2D eigenvalue weighted by Crippen LogP contribution is -2.48. The van der Waals surface area contributed by atoms with E-state index in [1.807, 2.05) is 30.2 Å². The highest BCUT2D eigenvalue weighted by Gasteiger charge is 2.19. The summed E-state index contributed by atoms with van der Waals surface area (Å²) < 4.78 is 3.09. The van der Waals surface area contributed by atoms with Gasteiger partial charge in [-0.1, -0.05) is 28.1 Å². The van der Waals surface area contributed by atoms with Gasteiger partial charge >= 0.3 is 0 Å². The predicted octanol–water partition coefficient (Wildman–Crippen LogP) is 2.87. The fraction of sp³-hybridized carbons (Fsp3) is 0.500. The number of hydrogen-bond donors (Lipinski definition) is 2. The highest BCUT2D eigenvalue weighted by molar-refractivity contribution is 9.10. The number of aliphatic imine (C=N–C) groups is 1. The first kappa shape index (κ1) is 19.9. The summed E-state index contributed by atoms with van der Waals surface area (Å²) >= 11 is 3.50. The van der Waals surface area contributed by atoms with E-state index in [0.29, 0.717) is 6.04 Å². The van der Waals surface area contributed by atoms with Gasteiger partial charge in [-0.2, -0.15) is 5.10 Å². The molecule has 2 N–H and O–H groups in total. The number of benzene rings is 1. The lowest BCUT2D eigenvalue weighted by Gasteiger charge is -2.33. The first-order chi connectivity index (χ1) is 13.2. The second-order valence-corrected chi connectivity index (χ2v) is 7.86. The summed E-state index contributed by atoms with van der Waals surface area (Å²) in [5, 5.41) is 11.2. The maximum Gasteiger partial charge on any atom is 0.191 e. The molecule has 0 aliphatic carbocycles. The molecule has 1 aliphatic heterocycles. The molecule has 2 aromatic rings. The lowest BCUT2D eigenvalue weighted by atomic mass is 10.0. The molecule has 146 valence electrons. The van der Waals surface area contributed by atoms with Crippen LogP contribution >= 0.6 is 15.9 Å². The van der Waals surface area contributed by atoms with E-state index in [2.05, 4.69) is 65.8 Å². The quantitative estimate of drug-likeness (QED) is 0.401. The lowest BCUT2D eigenvalue weighted by molar-refractivity contribution is 0.198. The van der Waals surface area contributed by atoms with Gasteiger partial charge in [0.25, 0.3) is 0 Å². The Bertz CT molecular complexity index is 690. The van der Waals surface area contributed by atoms with E-state index in [0.717, 1.165) is 62.4 Å². The molecule has 2 heterocycles. The highest BCUT2D eigenvalue weighted by Crippen LogP contribution is 2.16. The zero-order chi connectivity index (χ0) is 18.9. The van der Waals surface area contributed by atoms with Crippen molar-refractivity contribution in [2.75, 3.05) is 26.7 Å². The Hall–Kier alpha value is -1.86. The number of guanidine groups is 1. The SMILES string of the molecule is CN=C(NCCCn1cccn1)NC1CCN(Cc2ccc(Br)cc2)CC1. The average Bonchev–Trinajstić information content (AvgIpc) is 3.21. The molecule has 1 aliphatic rings. The van der Waals surface area contributed by atoms with Crippen LogP contribution in [0.1, 0.15) is 24.8 Å². The van der Waals surface area contributed by atoms with E-state index in [-0.39, 0.29) is 0 Å². The highest BCUT2D eigenvalue weighted by atomic mass is 79.9. The first-order valence-corrected chi connectivity index (χ1v) is 10.4. The van der Waals surface area contributed by atoms with Crippen molar-refractivity contribution in [2.45, 2.75) is 38.4 Å². The van der Waals surface area contributed by atoms with Crippen molar-refractivity contribution in [1.82, 2.24) is 25.3 Å². The molecule has 0 atom stereocenters. The molecule has 0 unspecified atom stereocenters. The van der Waals surface area contributed by atoms with Gasteiger partial charge in [0.1, 0.15) is 0 Å². The Balaban J connectivity index is 1.34. The largest absolute Gasteiger partial charge is 0.356 e. The van der Waals surface area contributed by atoms with Gasteiger partial charge in [-0.15, -0.1) is 0 Å². The van der Waals surface area contributed by atoms with Crippen molar-refractivity contribution >= 4 is 21.9 Å². The smallest absolute Gasteiger partial charge is 0.191 e. The van der Waals surface area contributed by atoms with Crippen molar-refractivity contribution in [2.24, 2.45) is 4.99 Å². The third-order valence-corrected chi connectivity index (χ3v) is 5.42. The van der Waals surface area contributed by atoms with Gasteiger partial charge in [0.15, 0.2) is 5.96 Å². The van der Waals surface area contributed by atoms with Gasteiger partial charge in [-0.25, -0.2) is 0 Å². The standard InChI is InChI=1S/C20H29BrN6/c1-22-20(23-10-2-12-27-13-3-11-24-27)25-19-8-14-26(15-9-19)16-17-4-6-18(21)7-5-17/h3-7,11,13,19H,2,8-10,12,14-16H2,1H3,(H2,22,23,25). The second kappa shape index (κ2) is 10.5. The third-order valence-electron chi connectivity index (χ3n) is 4.89. The Kier molecular flexibility index (Phi) is 7.71.